The van der Waals surface area contributed by atoms with Crippen molar-refractivity contribution in [3.8, 4) is 11.3 Å². The Morgan fingerprint density at radius 1 is 1.21 bits per heavy atom. The van der Waals surface area contributed by atoms with Crippen molar-refractivity contribution in [3.05, 3.63) is 77.7 Å². The molecule has 0 saturated heterocycles. The van der Waals surface area contributed by atoms with Crippen molar-refractivity contribution in [2.45, 2.75) is 6.54 Å². The number of carbonyl (C=O) groups is 1. The maximum atomic E-state index is 14.3. The van der Waals surface area contributed by atoms with Gasteiger partial charge in [-0.15, -0.1) is 0 Å². The largest absolute Gasteiger partial charge is 0.465 e. The van der Waals surface area contributed by atoms with E-state index in [-0.39, 0.29) is 11.8 Å². The first-order chi connectivity index (χ1) is 14.1. The molecule has 0 bridgehead atoms. The molecule has 4 rings (SSSR count). The molecule has 6 nitrogen and oxygen atoms in total. The summed E-state index contributed by atoms with van der Waals surface area (Å²) in [4.78, 5) is 16.2. The second-order valence-electron chi connectivity index (χ2n) is 6.61. The topological polar surface area (TPSA) is 68.5 Å². The summed E-state index contributed by atoms with van der Waals surface area (Å²) in [5.41, 5.74) is 3.98. The maximum absolute atomic E-state index is 14.3. The first kappa shape index (κ1) is 18.7. The SMILES string of the molecule is Bc1cnn2c(NCc3ccc(C(=O)OC)cc3)cc(-c3ccccc3F)nc12. The second-order valence-corrected chi connectivity index (χ2v) is 6.61. The van der Waals surface area contributed by atoms with Crippen LogP contribution in [0.1, 0.15) is 15.9 Å². The molecule has 0 atom stereocenters. The number of benzene rings is 2. The van der Waals surface area contributed by atoms with Gasteiger partial charge in [0.25, 0.3) is 0 Å². The third kappa shape index (κ3) is 3.69. The Labute approximate surface area is 167 Å². The number of ether oxygens (including phenoxy) is 1. The summed E-state index contributed by atoms with van der Waals surface area (Å²) >= 11 is 0. The number of hydrogen-bond donors (Lipinski definition) is 1. The summed E-state index contributed by atoms with van der Waals surface area (Å²) in [6.07, 6.45) is 1.73. The molecule has 8 heteroatoms. The van der Waals surface area contributed by atoms with Gasteiger partial charge in [-0.05, 0) is 35.3 Å². The summed E-state index contributed by atoms with van der Waals surface area (Å²) in [6.45, 7) is 0.496. The summed E-state index contributed by atoms with van der Waals surface area (Å²) in [5.74, 6) is -0.00818. The van der Waals surface area contributed by atoms with Crippen molar-refractivity contribution >= 4 is 30.7 Å². The van der Waals surface area contributed by atoms with E-state index in [1.165, 1.54) is 13.2 Å². The zero-order valence-corrected chi connectivity index (χ0v) is 16.0. The lowest BCUT2D eigenvalue weighted by Crippen LogP contribution is -2.10. The van der Waals surface area contributed by atoms with E-state index in [2.05, 4.69) is 15.4 Å². The average Bonchev–Trinajstić information content (AvgIpc) is 3.13. The molecule has 2 aromatic heterocycles. The molecule has 29 heavy (non-hydrogen) atoms. The number of nitrogens with zero attached hydrogens (tertiary/aromatic N) is 3. The number of anilines is 1. The van der Waals surface area contributed by atoms with Gasteiger partial charge in [-0.1, -0.05) is 24.3 Å². The Bertz CT molecular complexity index is 1190. The van der Waals surface area contributed by atoms with Crippen LogP contribution in [0, 0.1) is 5.82 Å². The van der Waals surface area contributed by atoms with Gasteiger partial charge in [0.2, 0.25) is 0 Å². The molecule has 2 aromatic carbocycles. The van der Waals surface area contributed by atoms with Crippen molar-refractivity contribution in [2.24, 2.45) is 0 Å². The van der Waals surface area contributed by atoms with E-state index in [1.54, 1.807) is 47.1 Å². The fourth-order valence-electron chi connectivity index (χ4n) is 3.07. The number of rotatable bonds is 5. The molecule has 0 unspecified atom stereocenters. The van der Waals surface area contributed by atoms with E-state index in [9.17, 15) is 9.18 Å². The molecule has 0 aliphatic carbocycles. The highest BCUT2D eigenvalue weighted by Crippen LogP contribution is 2.24. The predicted molar refractivity (Wildman–Crippen MR) is 112 cm³/mol. The molecule has 1 N–H and O–H groups in total. The maximum Gasteiger partial charge on any atom is 0.337 e. The van der Waals surface area contributed by atoms with Gasteiger partial charge in [-0.2, -0.15) is 9.61 Å². The number of fused-ring (bicyclic) bond motifs is 1. The Kier molecular flexibility index (Phi) is 4.99. The van der Waals surface area contributed by atoms with E-state index in [4.69, 9.17) is 4.74 Å². The van der Waals surface area contributed by atoms with Crippen molar-refractivity contribution in [2.75, 3.05) is 12.4 Å². The third-order valence-electron chi connectivity index (χ3n) is 4.65. The van der Waals surface area contributed by atoms with Gasteiger partial charge >= 0.3 is 5.97 Å². The number of halogens is 1. The van der Waals surface area contributed by atoms with E-state index in [0.717, 1.165) is 11.0 Å². The Morgan fingerprint density at radius 3 is 2.69 bits per heavy atom. The molecular formula is C21H18BFN4O2. The average molecular weight is 388 g/mol. The van der Waals surface area contributed by atoms with Gasteiger partial charge in [-0.25, -0.2) is 14.2 Å². The van der Waals surface area contributed by atoms with E-state index in [0.29, 0.717) is 34.8 Å². The molecule has 0 radical (unpaired) electrons. The lowest BCUT2D eigenvalue weighted by molar-refractivity contribution is 0.0600. The van der Waals surface area contributed by atoms with Gasteiger partial charge in [0.05, 0.1) is 18.4 Å². The van der Waals surface area contributed by atoms with Crippen LogP contribution in [-0.4, -0.2) is 35.5 Å². The van der Waals surface area contributed by atoms with Gasteiger partial charge in [0.1, 0.15) is 19.5 Å². The van der Waals surface area contributed by atoms with Crippen molar-refractivity contribution < 1.29 is 13.9 Å². The Hall–Kier alpha value is -3.68. The monoisotopic (exact) mass is 388 g/mol. The van der Waals surface area contributed by atoms with E-state index in [1.807, 2.05) is 20.0 Å². The van der Waals surface area contributed by atoms with Crippen molar-refractivity contribution in [3.63, 3.8) is 0 Å². The third-order valence-corrected chi connectivity index (χ3v) is 4.65. The minimum absolute atomic E-state index is 0.328. The smallest absolute Gasteiger partial charge is 0.337 e. The van der Waals surface area contributed by atoms with Gasteiger partial charge in [0.15, 0.2) is 5.65 Å². The highest BCUT2D eigenvalue weighted by molar-refractivity contribution is 6.36. The summed E-state index contributed by atoms with van der Waals surface area (Å²) in [7, 11) is 3.27. The molecule has 2 heterocycles. The lowest BCUT2D eigenvalue weighted by Gasteiger charge is -2.12. The van der Waals surface area contributed by atoms with Crippen LogP contribution in [-0.2, 0) is 11.3 Å². The van der Waals surface area contributed by atoms with Crippen LogP contribution in [0.4, 0.5) is 10.2 Å². The molecule has 0 aliphatic rings. The highest BCUT2D eigenvalue weighted by atomic mass is 19.1. The van der Waals surface area contributed by atoms with Gasteiger partial charge in [0, 0.05) is 24.4 Å². The van der Waals surface area contributed by atoms with Crippen LogP contribution >= 0.6 is 0 Å². The minimum atomic E-state index is -0.373. The normalized spacial score (nSPS) is 10.8. The van der Waals surface area contributed by atoms with Crippen molar-refractivity contribution in [1.29, 1.82) is 0 Å². The van der Waals surface area contributed by atoms with Crippen LogP contribution in [0.2, 0.25) is 0 Å². The van der Waals surface area contributed by atoms with E-state index < -0.39 is 0 Å². The van der Waals surface area contributed by atoms with Crippen LogP contribution in [0.5, 0.6) is 0 Å². The zero-order valence-electron chi connectivity index (χ0n) is 16.0. The van der Waals surface area contributed by atoms with Crippen LogP contribution in [0.15, 0.2) is 60.8 Å². The Morgan fingerprint density at radius 2 is 1.97 bits per heavy atom. The van der Waals surface area contributed by atoms with Gasteiger partial charge in [-0.3, -0.25) is 0 Å². The molecule has 144 valence electrons. The zero-order chi connectivity index (χ0) is 20.4. The van der Waals surface area contributed by atoms with Crippen molar-refractivity contribution in [1.82, 2.24) is 14.6 Å². The molecule has 4 aromatic rings. The fraction of sp³-hybridized carbons (Fsp3) is 0.0952. The summed E-state index contributed by atoms with van der Waals surface area (Å²) in [6, 6.07) is 15.5. The first-order valence-electron chi connectivity index (χ1n) is 9.08. The molecule has 0 spiro atoms. The first-order valence-corrected chi connectivity index (χ1v) is 9.08. The van der Waals surface area contributed by atoms with Crippen LogP contribution in [0.3, 0.4) is 0 Å². The highest BCUT2D eigenvalue weighted by Gasteiger charge is 2.13. The minimum Gasteiger partial charge on any atom is -0.465 e. The quantitative estimate of drug-likeness (QED) is 0.419. The summed E-state index contributed by atoms with van der Waals surface area (Å²) in [5, 5.41) is 7.70. The molecule has 0 saturated carbocycles. The number of esters is 1. The predicted octanol–water partition coefficient (Wildman–Crippen LogP) is 2.19. The molecule has 0 aliphatic heterocycles. The molecular weight excluding hydrogens is 370 g/mol. The Balaban J connectivity index is 1.66. The molecule has 0 fully saturated rings. The number of aromatic nitrogens is 3. The number of hydrogen-bond acceptors (Lipinski definition) is 5. The van der Waals surface area contributed by atoms with Gasteiger partial charge < -0.3 is 10.1 Å². The van der Waals surface area contributed by atoms with E-state index >= 15 is 0 Å². The fourth-order valence-corrected chi connectivity index (χ4v) is 3.07. The number of methoxy groups -OCH3 is 1. The number of carbonyl (C=O) groups excluding carboxylic acids is 1. The van der Waals surface area contributed by atoms with Crippen LogP contribution < -0.4 is 10.8 Å². The standard InChI is InChI=1S/C21H18BFN4O2/c1-29-21(28)14-8-6-13(7-9-14)11-24-19-10-18(15-4-2-3-5-17(15)23)26-20-16(22)12-25-27(19)20/h2-10,12,24H,11,22H2,1H3. The lowest BCUT2D eigenvalue weighted by atomic mass is 10.0. The summed E-state index contributed by atoms with van der Waals surface area (Å²) < 4.78 is 20.7. The molecule has 0 amide bonds. The second kappa shape index (κ2) is 7.75. The van der Waals surface area contributed by atoms with Crippen LogP contribution in [0.25, 0.3) is 16.9 Å². The number of nitrogens with one attached hydrogen (secondary N) is 1.